The number of ether oxygens (including phenoxy) is 1. The smallest absolute Gasteiger partial charge is 0.234 e. The molecule has 3 rings (SSSR count). The second-order valence-electron chi connectivity index (χ2n) is 6.52. The number of nitrogens with zero attached hydrogens (tertiary/aromatic N) is 1. The van der Waals surface area contributed by atoms with E-state index in [1.165, 1.54) is 12.1 Å². The fourth-order valence-electron chi connectivity index (χ4n) is 2.75. The highest BCUT2D eigenvalue weighted by Gasteiger charge is 2.15. The summed E-state index contributed by atoms with van der Waals surface area (Å²) in [6.45, 7) is 3.13. The molecule has 1 atom stereocenters. The zero-order valence-electron chi connectivity index (χ0n) is 15.4. The number of halogens is 1. The number of likely N-dealkylation sites (N-methyl/N-ethyl adjacent to an activating group) is 1. The van der Waals surface area contributed by atoms with Crippen molar-refractivity contribution in [3.63, 3.8) is 0 Å². The van der Waals surface area contributed by atoms with Gasteiger partial charge in [-0.25, -0.2) is 4.39 Å². The molecule has 1 N–H and O–H groups in total. The van der Waals surface area contributed by atoms with Crippen molar-refractivity contribution in [2.45, 2.75) is 13.0 Å². The summed E-state index contributed by atoms with van der Waals surface area (Å²) in [7, 11) is 1.85. The Morgan fingerprint density at radius 3 is 2.70 bits per heavy atom. The van der Waals surface area contributed by atoms with Gasteiger partial charge in [0, 0.05) is 11.9 Å². The highest BCUT2D eigenvalue weighted by atomic mass is 19.1. The van der Waals surface area contributed by atoms with Gasteiger partial charge in [0.15, 0.2) is 0 Å². The topological polar surface area (TPSA) is 54.7 Å². The SMILES string of the molecule is CC(NC(=O)CN(C)CCOc1ccc(F)cc1)c1cc2ccccc2o1. The molecule has 3 aromatic rings. The lowest BCUT2D eigenvalue weighted by molar-refractivity contribution is -0.122. The number of hydrogen-bond acceptors (Lipinski definition) is 4. The Bertz CT molecular complexity index is 859. The molecule has 142 valence electrons. The Morgan fingerprint density at radius 2 is 1.96 bits per heavy atom. The molecular formula is C21H23FN2O3. The lowest BCUT2D eigenvalue weighted by Gasteiger charge is -2.18. The molecule has 0 aliphatic heterocycles. The van der Waals surface area contributed by atoms with Crippen LogP contribution in [-0.4, -0.2) is 37.6 Å². The summed E-state index contributed by atoms with van der Waals surface area (Å²) in [6, 6.07) is 15.4. The molecule has 1 amide bonds. The number of fused-ring (bicyclic) bond motifs is 1. The average molecular weight is 370 g/mol. The van der Waals surface area contributed by atoms with Gasteiger partial charge in [0.25, 0.3) is 0 Å². The number of furan rings is 1. The van der Waals surface area contributed by atoms with E-state index in [1.54, 1.807) is 12.1 Å². The fraction of sp³-hybridized carbons (Fsp3) is 0.286. The summed E-state index contributed by atoms with van der Waals surface area (Å²) in [4.78, 5) is 14.1. The van der Waals surface area contributed by atoms with E-state index in [4.69, 9.17) is 9.15 Å². The maximum atomic E-state index is 12.9. The van der Waals surface area contributed by atoms with Crippen molar-refractivity contribution in [1.82, 2.24) is 10.2 Å². The van der Waals surface area contributed by atoms with E-state index in [9.17, 15) is 9.18 Å². The first-order valence-electron chi connectivity index (χ1n) is 8.86. The van der Waals surface area contributed by atoms with E-state index in [2.05, 4.69) is 5.32 Å². The van der Waals surface area contributed by atoms with Gasteiger partial charge in [0.2, 0.25) is 5.91 Å². The van der Waals surface area contributed by atoms with Crippen molar-refractivity contribution in [2.24, 2.45) is 0 Å². The molecule has 1 aromatic heterocycles. The monoisotopic (exact) mass is 370 g/mol. The first-order chi connectivity index (χ1) is 13.0. The van der Waals surface area contributed by atoms with Crippen LogP contribution in [0.1, 0.15) is 18.7 Å². The molecule has 1 unspecified atom stereocenters. The van der Waals surface area contributed by atoms with Gasteiger partial charge in [-0.3, -0.25) is 9.69 Å². The molecule has 0 radical (unpaired) electrons. The quantitative estimate of drug-likeness (QED) is 0.656. The van der Waals surface area contributed by atoms with Crippen molar-refractivity contribution >= 4 is 16.9 Å². The van der Waals surface area contributed by atoms with Gasteiger partial charge < -0.3 is 14.5 Å². The van der Waals surface area contributed by atoms with Crippen LogP contribution in [0.3, 0.4) is 0 Å². The number of hydrogen-bond donors (Lipinski definition) is 1. The van der Waals surface area contributed by atoms with Crippen molar-refractivity contribution in [2.75, 3.05) is 26.7 Å². The van der Waals surface area contributed by atoms with Crippen LogP contribution in [0.5, 0.6) is 5.75 Å². The van der Waals surface area contributed by atoms with Crippen molar-refractivity contribution < 1.29 is 18.3 Å². The number of para-hydroxylation sites is 1. The van der Waals surface area contributed by atoms with Crippen LogP contribution in [0.4, 0.5) is 4.39 Å². The van der Waals surface area contributed by atoms with E-state index in [-0.39, 0.29) is 24.3 Å². The van der Waals surface area contributed by atoms with Gasteiger partial charge in [-0.2, -0.15) is 0 Å². The molecule has 6 heteroatoms. The molecule has 0 saturated carbocycles. The Morgan fingerprint density at radius 1 is 1.22 bits per heavy atom. The van der Waals surface area contributed by atoms with Crippen LogP contribution in [0, 0.1) is 5.82 Å². The third-order valence-electron chi connectivity index (χ3n) is 4.22. The van der Waals surface area contributed by atoms with Crippen LogP contribution in [-0.2, 0) is 4.79 Å². The van der Waals surface area contributed by atoms with Crippen LogP contribution >= 0.6 is 0 Å². The summed E-state index contributed by atoms with van der Waals surface area (Å²) >= 11 is 0. The van der Waals surface area contributed by atoms with Gasteiger partial charge in [0.05, 0.1) is 12.6 Å². The molecule has 0 aliphatic carbocycles. The van der Waals surface area contributed by atoms with Crippen molar-refractivity contribution in [3.05, 3.63) is 66.2 Å². The summed E-state index contributed by atoms with van der Waals surface area (Å²) in [5, 5.41) is 3.96. The van der Waals surface area contributed by atoms with E-state index < -0.39 is 0 Å². The Labute approximate surface area is 157 Å². The summed E-state index contributed by atoms with van der Waals surface area (Å²) in [5.41, 5.74) is 0.809. The van der Waals surface area contributed by atoms with E-state index in [0.717, 1.165) is 16.7 Å². The second-order valence-corrected chi connectivity index (χ2v) is 6.52. The Kier molecular flexibility index (Phi) is 6.08. The van der Waals surface area contributed by atoms with Gasteiger partial charge in [-0.15, -0.1) is 0 Å². The normalized spacial score (nSPS) is 12.3. The molecule has 1 heterocycles. The van der Waals surface area contributed by atoms with E-state index in [1.807, 2.05) is 49.2 Å². The number of carbonyl (C=O) groups excluding carboxylic acids is 1. The summed E-state index contributed by atoms with van der Waals surface area (Å²) < 4.78 is 24.2. The predicted molar refractivity (Wildman–Crippen MR) is 102 cm³/mol. The number of carbonyl (C=O) groups is 1. The molecule has 0 fully saturated rings. The fourth-order valence-corrected chi connectivity index (χ4v) is 2.75. The van der Waals surface area contributed by atoms with Crippen LogP contribution in [0.25, 0.3) is 11.0 Å². The minimum atomic E-state index is -0.297. The van der Waals surface area contributed by atoms with Crippen molar-refractivity contribution in [1.29, 1.82) is 0 Å². The second kappa shape index (κ2) is 8.68. The van der Waals surface area contributed by atoms with Crippen molar-refractivity contribution in [3.8, 4) is 5.75 Å². The van der Waals surface area contributed by atoms with E-state index in [0.29, 0.717) is 18.9 Å². The van der Waals surface area contributed by atoms with Gasteiger partial charge in [-0.05, 0) is 50.4 Å². The number of rotatable bonds is 8. The molecule has 0 spiro atoms. The highest BCUT2D eigenvalue weighted by molar-refractivity contribution is 5.80. The zero-order chi connectivity index (χ0) is 19.2. The predicted octanol–water partition coefficient (Wildman–Crippen LogP) is 3.76. The number of amides is 1. The van der Waals surface area contributed by atoms with Gasteiger partial charge in [0.1, 0.15) is 29.5 Å². The molecule has 27 heavy (non-hydrogen) atoms. The van der Waals surface area contributed by atoms with Crippen LogP contribution < -0.4 is 10.1 Å². The molecule has 2 aromatic carbocycles. The minimum Gasteiger partial charge on any atom is -0.492 e. The lowest BCUT2D eigenvalue weighted by atomic mass is 10.2. The van der Waals surface area contributed by atoms with Crippen LogP contribution in [0.15, 0.2) is 59.0 Å². The molecule has 0 saturated heterocycles. The Hall–Kier alpha value is -2.86. The molecule has 0 bridgehead atoms. The highest BCUT2D eigenvalue weighted by Crippen LogP contribution is 2.23. The zero-order valence-corrected chi connectivity index (χ0v) is 15.4. The molecule has 5 nitrogen and oxygen atoms in total. The largest absolute Gasteiger partial charge is 0.492 e. The third-order valence-corrected chi connectivity index (χ3v) is 4.22. The maximum absolute atomic E-state index is 12.9. The maximum Gasteiger partial charge on any atom is 0.234 e. The summed E-state index contributed by atoms with van der Waals surface area (Å²) in [5.74, 6) is 0.946. The van der Waals surface area contributed by atoms with Gasteiger partial charge in [-0.1, -0.05) is 18.2 Å². The molecular weight excluding hydrogens is 347 g/mol. The minimum absolute atomic E-state index is 0.0905. The average Bonchev–Trinajstić information content (AvgIpc) is 3.07. The van der Waals surface area contributed by atoms with Gasteiger partial charge >= 0.3 is 0 Å². The first-order valence-corrected chi connectivity index (χ1v) is 8.86. The summed E-state index contributed by atoms with van der Waals surface area (Å²) in [6.07, 6.45) is 0. The number of benzene rings is 2. The molecule has 0 aliphatic rings. The first kappa shape index (κ1) is 18.9. The van der Waals surface area contributed by atoms with Crippen LogP contribution in [0.2, 0.25) is 0 Å². The lowest BCUT2D eigenvalue weighted by Crippen LogP contribution is -2.37. The standard InChI is InChI=1S/C21H23FN2O3/c1-15(20-13-16-5-3-4-6-19(16)27-20)23-21(25)14-24(2)11-12-26-18-9-7-17(22)8-10-18/h3-10,13,15H,11-12,14H2,1-2H3,(H,23,25). The Balaban J connectivity index is 1.43. The number of nitrogens with one attached hydrogen (secondary N) is 1. The third kappa shape index (κ3) is 5.31. The van der Waals surface area contributed by atoms with E-state index >= 15 is 0 Å².